The predicted octanol–water partition coefficient (Wildman–Crippen LogP) is 3.19. The van der Waals surface area contributed by atoms with Crippen LogP contribution < -0.4 is 4.74 Å². The van der Waals surface area contributed by atoms with E-state index in [4.69, 9.17) is 22.1 Å². The molecule has 1 saturated heterocycles. The molecule has 1 aliphatic rings. The zero-order valence-electron chi connectivity index (χ0n) is 13.8. The first-order valence-corrected chi connectivity index (χ1v) is 9.01. The number of carboxylic acid groups (broad SMARTS) is 1. The van der Waals surface area contributed by atoms with Crippen molar-refractivity contribution in [1.82, 2.24) is 4.90 Å². The number of ether oxygens (including phenoxy) is 1. The van der Waals surface area contributed by atoms with Crippen LogP contribution in [-0.2, 0) is 9.59 Å². The molecular weight excluding hydrogens is 386 g/mol. The lowest BCUT2D eigenvalue weighted by Gasteiger charge is -2.10. The van der Waals surface area contributed by atoms with Gasteiger partial charge in [0.1, 0.15) is 16.6 Å². The van der Waals surface area contributed by atoms with E-state index < -0.39 is 24.4 Å². The molecule has 0 unspecified atom stereocenters. The van der Waals surface area contributed by atoms with Crippen molar-refractivity contribution in [2.24, 2.45) is 0 Å². The first-order valence-electron chi connectivity index (χ1n) is 7.78. The standard InChI is InChI=1S/C19H13NO5S2/c21-16(22)11-20-17(23)15(27-19(20)26)10-12-6-8-14(9-7-12)25-18(24)13-4-2-1-3-5-13/h1-10H,11H2,(H,21,22). The van der Waals surface area contributed by atoms with E-state index in [0.717, 1.165) is 16.7 Å². The normalized spacial score (nSPS) is 15.3. The molecule has 1 amide bonds. The van der Waals surface area contributed by atoms with Crippen molar-refractivity contribution in [2.45, 2.75) is 0 Å². The second kappa shape index (κ2) is 8.15. The van der Waals surface area contributed by atoms with E-state index in [0.29, 0.717) is 21.8 Å². The molecule has 0 aliphatic carbocycles. The van der Waals surface area contributed by atoms with Gasteiger partial charge in [-0.1, -0.05) is 54.3 Å². The second-order valence-corrected chi connectivity index (χ2v) is 7.16. The molecule has 2 aromatic rings. The highest BCUT2D eigenvalue weighted by molar-refractivity contribution is 8.26. The molecule has 0 bridgehead atoms. The lowest BCUT2D eigenvalue weighted by molar-refractivity contribution is -0.140. The topological polar surface area (TPSA) is 83.9 Å². The minimum absolute atomic E-state index is 0.210. The third-order valence-electron chi connectivity index (χ3n) is 3.56. The number of thiocarbonyl (C=S) groups is 1. The van der Waals surface area contributed by atoms with Gasteiger partial charge in [0.2, 0.25) is 0 Å². The van der Waals surface area contributed by atoms with Crippen molar-refractivity contribution in [3.8, 4) is 5.75 Å². The van der Waals surface area contributed by atoms with Gasteiger partial charge in [-0.3, -0.25) is 14.5 Å². The maximum absolute atomic E-state index is 12.2. The van der Waals surface area contributed by atoms with Crippen LogP contribution in [0.25, 0.3) is 6.08 Å². The fourth-order valence-corrected chi connectivity index (χ4v) is 3.55. The van der Waals surface area contributed by atoms with Crippen LogP contribution in [0.5, 0.6) is 5.75 Å². The summed E-state index contributed by atoms with van der Waals surface area (Å²) in [6, 6.07) is 15.3. The molecule has 8 heteroatoms. The molecular formula is C19H13NO5S2. The Balaban J connectivity index is 1.70. The van der Waals surface area contributed by atoms with Crippen LogP contribution in [0.4, 0.5) is 0 Å². The van der Waals surface area contributed by atoms with Gasteiger partial charge in [-0.25, -0.2) is 4.79 Å². The Morgan fingerprint density at radius 1 is 1.11 bits per heavy atom. The number of amides is 1. The lowest BCUT2D eigenvalue weighted by atomic mass is 10.2. The van der Waals surface area contributed by atoms with Crippen molar-refractivity contribution in [2.75, 3.05) is 6.54 Å². The molecule has 0 saturated carbocycles. The monoisotopic (exact) mass is 399 g/mol. The van der Waals surface area contributed by atoms with Crippen molar-refractivity contribution in [3.63, 3.8) is 0 Å². The van der Waals surface area contributed by atoms with Crippen molar-refractivity contribution < 1.29 is 24.2 Å². The lowest BCUT2D eigenvalue weighted by Crippen LogP contribution is -2.33. The number of esters is 1. The van der Waals surface area contributed by atoms with Crippen molar-refractivity contribution >= 4 is 52.2 Å². The average molecular weight is 399 g/mol. The highest BCUT2D eigenvalue weighted by Gasteiger charge is 2.33. The van der Waals surface area contributed by atoms with E-state index in [1.807, 2.05) is 6.07 Å². The molecule has 0 spiro atoms. The summed E-state index contributed by atoms with van der Waals surface area (Å²) in [6.45, 7) is -0.462. The summed E-state index contributed by atoms with van der Waals surface area (Å²) in [5, 5.41) is 8.85. The number of carboxylic acids is 1. The van der Waals surface area contributed by atoms with E-state index in [1.54, 1.807) is 54.6 Å². The number of hydrogen-bond acceptors (Lipinski definition) is 6. The summed E-state index contributed by atoms with van der Waals surface area (Å²) in [6.07, 6.45) is 1.62. The largest absolute Gasteiger partial charge is 0.480 e. The third-order valence-corrected chi connectivity index (χ3v) is 4.94. The Morgan fingerprint density at radius 2 is 1.78 bits per heavy atom. The van der Waals surface area contributed by atoms with Gasteiger partial charge in [0, 0.05) is 0 Å². The van der Waals surface area contributed by atoms with Crippen LogP contribution in [0, 0.1) is 0 Å². The van der Waals surface area contributed by atoms with Crippen LogP contribution in [0.3, 0.4) is 0 Å². The van der Waals surface area contributed by atoms with Gasteiger partial charge in [0.05, 0.1) is 10.5 Å². The van der Waals surface area contributed by atoms with Crippen LogP contribution in [-0.4, -0.2) is 38.7 Å². The molecule has 1 heterocycles. The molecule has 6 nitrogen and oxygen atoms in total. The number of carbonyl (C=O) groups excluding carboxylic acids is 2. The molecule has 1 aliphatic heterocycles. The van der Waals surface area contributed by atoms with E-state index in [2.05, 4.69) is 0 Å². The molecule has 0 aromatic heterocycles. The van der Waals surface area contributed by atoms with Gasteiger partial charge < -0.3 is 9.84 Å². The van der Waals surface area contributed by atoms with Crippen LogP contribution in [0.2, 0.25) is 0 Å². The van der Waals surface area contributed by atoms with E-state index >= 15 is 0 Å². The Morgan fingerprint density at radius 3 is 2.41 bits per heavy atom. The fourth-order valence-electron chi connectivity index (χ4n) is 2.30. The molecule has 0 radical (unpaired) electrons. The number of thioether (sulfide) groups is 1. The smallest absolute Gasteiger partial charge is 0.343 e. The Kier molecular flexibility index (Phi) is 5.68. The van der Waals surface area contributed by atoms with Crippen molar-refractivity contribution in [1.29, 1.82) is 0 Å². The van der Waals surface area contributed by atoms with Gasteiger partial charge in [-0.05, 0) is 35.9 Å². The minimum atomic E-state index is -1.13. The summed E-state index contributed by atoms with van der Waals surface area (Å²) < 4.78 is 5.51. The third kappa shape index (κ3) is 4.60. The number of hydrogen-bond donors (Lipinski definition) is 1. The first-order chi connectivity index (χ1) is 12.9. The number of nitrogens with zero attached hydrogens (tertiary/aromatic N) is 1. The van der Waals surface area contributed by atoms with Gasteiger partial charge in [0.25, 0.3) is 5.91 Å². The maximum Gasteiger partial charge on any atom is 0.343 e. The Hall–Kier alpha value is -2.97. The van der Waals surface area contributed by atoms with E-state index in [9.17, 15) is 14.4 Å². The van der Waals surface area contributed by atoms with Crippen LogP contribution in [0.15, 0.2) is 59.5 Å². The first kappa shape index (κ1) is 18.8. The maximum atomic E-state index is 12.2. The second-order valence-electron chi connectivity index (χ2n) is 5.49. The zero-order chi connectivity index (χ0) is 19.4. The Bertz CT molecular complexity index is 938. The molecule has 1 fully saturated rings. The highest BCUT2D eigenvalue weighted by Crippen LogP contribution is 2.32. The van der Waals surface area contributed by atoms with Crippen LogP contribution >= 0.6 is 24.0 Å². The fraction of sp³-hybridized carbons (Fsp3) is 0.0526. The molecule has 1 N–H and O–H groups in total. The van der Waals surface area contributed by atoms with Gasteiger partial charge in [0.15, 0.2) is 0 Å². The Labute approximate surface area is 164 Å². The quantitative estimate of drug-likeness (QED) is 0.358. The molecule has 136 valence electrons. The summed E-state index contributed by atoms with van der Waals surface area (Å²) in [5.74, 6) is -1.65. The number of carbonyl (C=O) groups is 3. The highest BCUT2D eigenvalue weighted by atomic mass is 32.2. The van der Waals surface area contributed by atoms with E-state index in [-0.39, 0.29) is 4.32 Å². The number of benzene rings is 2. The SMILES string of the molecule is O=C(O)CN1C(=O)C(=Cc2ccc(OC(=O)c3ccccc3)cc2)SC1=S. The van der Waals surface area contributed by atoms with Gasteiger partial charge in [-0.2, -0.15) is 0 Å². The molecule has 0 atom stereocenters. The predicted molar refractivity (Wildman–Crippen MR) is 105 cm³/mol. The molecule has 2 aromatic carbocycles. The molecule has 3 rings (SSSR count). The van der Waals surface area contributed by atoms with Gasteiger partial charge in [-0.15, -0.1) is 0 Å². The molecule has 27 heavy (non-hydrogen) atoms. The summed E-state index contributed by atoms with van der Waals surface area (Å²) >= 11 is 6.10. The summed E-state index contributed by atoms with van der Waals surface area (Å²) in [5.41, 5.74) is 1.15. The number of aliphatic carboxylic acids is 1. The van der Waals surface area contributed by atoms with Crippen LogP contribution in [0.1, 0.15) is 15.9 Å². The summed E-state index contributed by atoms with van der Waals surface area (Å²) in [4.78, 5) is 36.5. The van der Waals surface area contributed by atoms with Gasteiger partial charge >= 0.3 is 11.9 Å². The zero-order valence-corrected chi connectivity index (χ0v) is 15.5. The average Bonchev–Trinajstić information content (AvgIpc) is 2.91. The van der Waals surface area contributed by atoms with E-state index in [1.165, 1.54) is 0 Å². The number of rotatable bonds is 5. The summed E-state index contributed by atoms with van der Waals surface area (Å²) in [7, 11) is 0. The minimum Gasteiger partial charge on any atom is -0.480 e. The van der Waals surface area contributed by atoms with Crippen molar-refractivity contribution in [3.05, 3.63) is 70.6 Å².